The number of nitrogens with two attached hydrogens (primary N) is 1. The fourth-order valence-electron chi connectivity index (χ4n) is 0.842. The van der Waals surface area contributed by atoms with E-state index in [2.05, 4.69) is 15.0 Å². The molecule has 0 aromatic carbocycles. The van der Waals surface area contributed by atoms with Crippen LogP contribution in [0.15, 0.2) is 16.9 Å². The van der Waals surface area contributed by atoms with Crippen LogP contribution in [0.5, 0.6) is 0 Å². The summed E-state index contributed by atoms with van der Waals surface area (Å²) in [5, 5.41) is 6.25. The second-order valence-corrected chi connectivity index (χ2v) is 4.69. The molecule has 0 saturated heterocycles. The first-order valence-corrected chi connectivity index (χ1v) is 4.76. The summed E-state index contributed by atoms with van der Waals surface area (Å²) in [5.74, 6) is 0.223. The van der Waals surface area contributed by atoms with Crippen molar-refractivity contribution in [2.45, 2.75) is 33.2 Å². The van der Waals surface area contributed by atoms with Crippen LogP contribution in [0.1, 0.15) is 27.7 Å². The van der Waals surface area contributed by atoms with Crippen LogP contribution in [-0.2, 0) is 4.79 Å². The van der Waals surface area contributed by atoms with Crippen molar-refractivity contribution in [3.05, 3.63) is 12.3 Å². The quantitative estimate of drug-likeness (QED) is 0.791. The molecule has 0 bridgehead atoms. The van der Waals surface area contributed by atoms with E-state index in [1.165, 1.54) is 6.26 Å². The van der Waals surface area contributed by atoms with Gasteiger partial charge in [-0.1, -0.05) is 5.16 Å². The fourth-order valence-corrected chi connectivity index (χ4v) is 0.842. The van der Waals surface area contributed by atoms with Crippen molar-refractivity contribution < 1.29 is 9.32 Å². The molecule has 0 radical (unpaired) electrons. The van der Waals surface area contributed by atoms with E-state index in [1.807, 2.05) is 13.8 Å². The molecule has 15 heavy (non-hydrogen) atoms. The van der Waals surface area contributed by atoms with E-state index in [9.17, 15) is 4.79 Å². The van der Waals surface area contributed by atoms with Crippen LogP contribution in [0.4, 0.5) is 5.82 Å². The van der Waals surface area contributed by atoms with Gasteiger partial charge in [0.25, 0.3) is 0 Å². The van der Waals surface area contributed by atoms with Gasteiger partial charge in [0.1, 0.15) is 6.26 Å². The molecule has 0 aliphatic rings. The van der Waals surface area contributed by atoms with Crippen LogP contribution in [0, 0.1) is 5.41 Å². The highest BCUT2D eigenvalue weighted by molar-refractivity contribution is 5.94. The third-order valence-electron chi connectivity index (χ3n) is 2.86. The highest BCUT2D eigenvalue weighted by Gasteiger charge is 2.40. The topological polar surface area (TPSA) is 81.2 Å². The maximum Gasteiger partial charge on any atom is 0.233 e. The Balaban J connectivity index is 2.77. The van der Waals surface area contributed by atoms with Crippen molar-refractivity contribution >= 4 is 11.7 Å². The highest BCUT2D eigenvalue weighted by atomic mass is 16.5. The molecule has 0 fully saturated rings. The summed E-state index contributed by atoms with van der Waals surface area (Å²) in [6.07, 6.45) is 1.40. The molecule has 1 heterocycles. The zero-order valence-corrected chi connectivity index (χ0v) is 9.50. The van der Waals surface area contributed by atoms with Crippen LogP contribution in [0.2, 0.25) is 0 Å². The number of rotatable bonds is 3. The number of nitrogens with one attached hydrogen (secondary N) is 1. The van der Waals surface area contributed by atoms with E-state index in [4.69, 9.17) is 5.73 Å². The van der Waals surface area contributed by atoms with Crippen LogP contribution in [0.25, 0.3) is 0 Å². The van der Waals surface area contributed by atoms with E-state index in [-0.39, 0.29) is 5.91 Å². The van der Waals surface area contributed by atoms with Crippen LogP contribution in [0.3, 0.4) is 0 Å². The summed E-state index contributed by atoms with van der Waals surface area (Å²) in [6.45, 7) is 7.22. The predicted octanol–water partition coefficient (Wildman–Crippen LogP) is 1.38. The van der Waals surface area contributed by atoms with Gasteiger partial charge in [-0.25, -0.2) is 0 Å². The lowest BCUT2D eigenvalue weighted by Gasteiger charge is -2.36. The Morgan fingerprint density at radius 2 is 2.07 bits per heavy atom. The van der Waals surface area contributed by atoms with Crippen molar-refractivity contribution in [3.63, 3.8) is 0 Å². The lowest BCUT2D eigenvalue weighted by molar-refractivity contribution is -0.126. The second kappa shape index (κ2) is 3.66. The normalized spacial score (nSPS) is 12.6. The van der Waals surface area contributed by atoms with Crippen molar-refractivity contribution in [2.75, 3.05) is 5.32 Å². The molecule has 3 N–H and O–H groups in total. The van der Waals surface area contributed by atoms with Gasteiger partial charge in [0.2, 0.25) is 5.91 Å². The van der Waals surface area contributed by atoms with Crippen LogP contribution < -0.4 is 11.1 Å². The number of hydrogen-bond acceptors (Lipinski definition) is 4. The van der Waals surface area contributed by atoms with Gasteiger partial charge in [0, 0.05) is 11.6 Å². The molecule has 0 spiro atoms. The first-order valence-electron chi connectivity index (χ1n) is 4.76. The summed E-state index contributed by atoms with van der Waals surface area (Å²) in [7, 11) is 0. The number of amides is 1. The minimum Gasteiger partial charge on any atom is -0.363 e. The van der Waals surface area contributed by atoms with Crippen molar-refractivity contribution in [3.8, 4) is 0 Å². The summed E-state index contributed by atoms with van der Waals surface area (Å²) >= 11 is 0. The van der Waals surface area contributed by atoms with Crippen molar-refractivity contribution in [2.24, 2.45) is 11.1 Å². The fraction of sp³-hybridized carbons (Fsp3) is 0.600. The Bertz CT molecular complexity index is 336. The number of hydrogen-bond donors (Lipinski definition) is 2. The average molecular weight is 211 g/mol. The third kappa shape index (κ3) is 2.36. The number of nitrogens with zero attached hydrogens (tertiary/aromatic N) is 1. The van der Waals surface area contributed by atoms with E-state index in [0.29, 0.717) is 5.82 Å². The summed E-state index contributed by atoms with van der Waals surface area (Å²) in [6, 6.07) is 1.58. The van der Waals surface area contributed by atoms with Gasteiger partial charge in [-0.15, -0.1) is 0 Å². The molecule has 1 aromatic heterocycles. The molecule has 1 rings (SSSR count). The largest absolute Gasteiger partial charge is 0.363 e. The van der Waals surface area contributed by atoms with E-state index in [0.717, 1.165) is 0 Å². The summed E-state index contributed by atoms with van der Waals surface area (Å²) in [5.41, 5.74) is 4.64. The van der Waals surface area contributed by atoms with Crippen LogP contribution in [-0.4, -0.2) is 16.6 Å². The number of carbonyl (C=O) groups excluding carboxylic acids is 1. The molecular weight excluding hydrogens is 194 g/mol. The van der Waals surface area contributed by atoms with Gasteiger partial charge in [-0.05, 0) is 27.7 Å². The van der Waals surface area contributed by atoms with Gasteiger partial charge in [-0.3, -0.25) is 4.79 Å². The minimum atomic E-state index is -0.689. The lowest BCUT2D eigenvalue weighted by atomic mass is 9.74. The van der Waals surface area contributed by atoms with E-state index < -0.39 is 11.0 Å². The smallest absolute Gasteiger partial charge is 0.233 e. The molecule has 5 nitrogen and oxygen atoms in total. The molecule has 84 valence electrons. The number of carbonyl (C=O) groups is 1. The lowest BCUT2D eigenvalue weighted by Crippen LogP contribution is -2.53. The molecule has 1 amide bonds. The molecule has 0 saturated carbocycles. The maximum atomic E-state index is 11.9. The molecule has 5 heteroatoms. The first kappa shape index (κ1) is 11.7. The third-order valence-corrected chi connectivity index (χ3v) is 2.86. The number of anilines is 1. The predicted molar refractivity (Wildman–Crippen MR) is 57.2 cm³/mol. The van der Waals surface area contributed by atoms with Crippen molar-refractivity contribution in [1.29, 1.82) is 0 Å². The SMILES string of the molecule is CC(C)(N)C(C)(C)C(=O)Nc1ccon1. The Morgan fingerprint density at radius 1 is 1.47 bits per heavy atom. The summed E-state index contributed by atoms with van der Waals surface area (Å²) in [4.78, 5) is 11.9. The molecule has 0 aliphatic heterocycles. The average Bonchev–Trinajstić information content (AvgIpc) is 2.54. The summed E-state index contributed by atoms with van der Waals surface area (Å²) < 4.78 is 4.62. The highest BCUT2D eigenvalue weighted by Crippen LogP contribution is 2.29. The van der Waals surface area contributed by atoms with Crippen LogP contribution >= 0.6 is 0 Å². The zero-order chi connectivity index (χ0) is 11.7. The number of aromatic nitrogens is 1. The van der Waals surface area contributed by atoms with Gasteiger partial charge in [0.05, 0.1) is 5.41 Å². The molecule has 0 atom stereocenters. The Labute approximate surface area is 89.0 Å². The standard InChI is InChI=1S/C10H17N3O2/c1-9(2,10(3,4)11)8(14)12-7-5-6-15-13-7/h5-6H,11H2,1-4H3,(H,12,13,14). The molecule has 0 unspecified atom stereocenters. The van der Waals surface area contributed by atoms with Crippen molar-refractivity contribution in [1.82, 2.24) is 5.16 Å². The van der Waals surface area contributed by atoms with Gasteiger partial charge < -0.3 is 15.6 Å². The zero-order valence-electron chi connectivity index (χ0n) is 9.50. The second-order valence-electron chi connectivity index (χ2n) is 4.69. The Kier molecular flexibility index (Phi) is 2.86. The monoisotopic (exact) mass is 211 g/mol. The molecule has 1 aromatic rings. The first-order chi connectivity index (χ1) is 6.75. The molecular formula is C10H17N3O2. The van der Waals surface area contributed by atoms with E-state index >= 15 is 0 Å². The van der Waals surface area contributed by atoms with E-state index in [1.54, 1.807) is 19.9 Å². The van der Waals surface area contributed by atoms with Gasteiger partial charge >= 0.3 is 0 Å². The Morgan fingerprint density at radius 3 is 2.47 bits per heavy atom. The van der Waals surface area contributed by atoms with Gasteiger partial charge in [-0.2, -0.15) is 0 Å². The van der Waals surface area contributed by atoms with Gasteiger partial charge in [0.15, 0.2) is 5.82 Å². The maximum absolute atomic E-state index is 11.9. The minimum absolute atomic E-state index is 0.177. The molecule has 0 aliphatic carbocycles. The Hall–Kier alpha value is -1.36.